The Bertz CT molecular complexity index is 1370. The third-order valence-electron chi connectivity index (χ3n) is 7.38. The number of alkyl halides is 3. The molecule has 2 aromatic carbocycles. The Morgan fingerprint density at radius 1 is 1.00 bits per heavy atom. The van der Waals surface area contributed by atoms with Crippen molar-refractivity contribution in [1.82, 2.24) is 4.57 Å². The molecule has 3 aromatic rings. The lowest BCUT2D eigenvalue weighted by Crippen LogP contribution is -2.42. The van der Waals surface area contributed by atoms with Gasteiger partial charge in [-0.2, -0.15) is 5.26 Å². The normalized spacial score (nSPS) is 17.7. The standard InChI is InChI=1S/C26H25F3N4O2/c1-31-22-8-3-2-7-20(22)23(21(16-30)24(31)34)32-12-9-25(10-13-32)11-14-33(17-25)18-5-4-6-19(15-18)35-26(27,28)29/h2-8,15H,9-14,17H2,1H3. The molecule has 2 saturated heterocycles. The van der Waals surface area contributed by atoms with Gasteiger partial charge in [0.2, 0.25) is 0 Å². The first-order chi connectivity index (χ1) is 16.7. The molecule has 182 valence electrons. The van der Waals surface area contributed by atoms with Crippen LogP contribution in [0.25, 0.3) is 10.9 Å². The fourth-order valence-corrected chi connectivity index (χ4v) is 5.55. The number of halogens is 3. The van der Waals surface area contributed by atoms with Crippen LogP contribution in [0.4, 0.5) is 24.5 Å². The summed E-state index contributed by atoms with van der Waals surface area (Å²) in [5.74, 6) is -0.215. The molecule has 2 fully saturated rings. The fourth-order valence-electron chi connectivity index (χ4n) is 5.55. The number of aromatic nitrogens is 1. The summed E-state index contributed by atoms with van der Waals surface area (Å²) >= 11 is 0. The van der Waals surface area contributed by atoms with Crippen LogP contribution in [-0.4, -0.2) is 37.1 Å². The molecular formula is C26H25F3N4O2. The van der Waals surface area contributed by atoms with E-state index in [2.05, 4.69) is 20.6 Å². The Morgan fingerprint density at radius 3 is 2.37 bits per heavy atom. The summed E-state index contributed by atoms with van der Waals surface area (Å²) in [6.45, 7) is 2.92. The molecule has 0 unspecified atom stereocenters. The molecule has 1 spiro atoms. The minimum absolute atomic E-state index is 0.0414. The molecule has 0 radical (unpaired) electrons. The predicted molar refractivity (Wildman–Crippen MR) is 128 cm³/mol. The molecule has 35 heavy (non-hydrogen) atoms. The number of nitrogens with zero attached hydrogens (tertiary/aromatic N) is 4. The van der Waals surface area contributed by atoms with Gasteiger partial charge >= 0.3 is 6.36 Å². The minimum Gasteiger partial charge on any atom is -0.406 e. The van der Waals surface area contributed by atoms with Gasteiger partial charge < -0.3 is 19.1 Å². The number of rotatable bonds is 3. The highest BCUT2D eigenvalue weighted by Crippen LogP contribution is 2.44. The van der Waals surface area contributed by atoms with E-state index >= 15 is 0 Å². The van der Waals surface area contributed by atoms with Crippen molar-refractivity contribution in [2.24, 2.45) is 12.5 Å². The molecule has 5 rings (SSSR count). The molecule has 0 aliphatic carbocycles. The Balaban J connectivity index is 1.36. The molecule has 0 amide bonds. The van der Waals surface area contributed by atoms with E-state index in [-0.39, 0.29) is 22.3 Å². The lowest BCUT2D eigenvalue weighted by atomic mass is 9.77. The van der Waals surface area contributed by atoms with Crippen LogP contribution in [0, 0.1) is 16.7 Å². The van der Waals surface area contributed by atoms with Crippen LogP contribution in [0.15, 0.2) is 53.3 Å². The molecule has 1 aromatic heterocycles. The van der Waals surface area contributed by atoms with E-state index in [9.17, 15) is 23.2 Å². The van der Waals surface area contributed by atoms with Crippen molar-refractivity contribution < 1.29 is 17.9 Å². The van der Waals surface area contributed by atoms with Gasteiger partial charge in [-0.25, -0.2) is 0 Å². The summed E-state index contributed by atoms with van der Waals surface area (Å²) < 4.78 is 43.5. The second kappa shape index (κ2) is 8.52. The average Bonchev–Trinajstić information content (AvgIpc) is 3.25. The molecule has 3 heterocycles. The van der Waals surface area contributed by atoms with Gasteiger partial charge in [-0.05, 0) is 42.9 Å². The van der Waals surface area contributed by atoms with Gasteiger partial charge in [-0.15, -0.1) is 13.2 Å². The van der Waals surface area contributed by atoms with Crippen molar-refractivity contribution >= 4 is 22.3 Å². The van der Waals surface area contributed by atoms with Crippen molar-refractivity contribution in [2.45, 2.75) is 25.6 Å². The minimum atomic E-state index is -4.72. The number of hydrogen-bond acceptors (Lipinski definition) is 5. The lowest BCUT2D eigenvalue weighted by Gasteiger charge is -2.41. The zero-order chi connectivity index (χ0) is 24.8. The highest BCUT2D eigenvalue weighted by atomic mass is 19.4. The number of aryl methyl sites for hydroxylation is 1. The van der Waals surface area contributed by atoms with Gasteiger partial charge in [0, 0.05) is 50.4 Å². The molecule has 2 aliphatic heterocycles. The van der Waals surface area contributed by atoms with Gasteiger partial charge in [0.05, 0.1) is 11.2 Å². The number of benzene rings is 2. The van der Waals surface area contributed by atoms with E-state index in [0.717, 1.165) is 48.9 Å². The second-order valence-electron chi connectivity index (χ2n) is 9.42. The molecule has 0 saturated carbocycles. The summed E-state index contributed by atoms with van der Waals surface area (Å²) in [7, 11) is 1.68. The number of ether oxygens (including phenoxy) is 1. The van der Waals surface area contributed by atoms with Crippen LogP contribution in [0.1, 0.15) is 24.8 Å². The van der Waals surface area contributed by atoms with Crippen LogP contribution < -0.4 is 20.1 Å². The molecule has 9 heteroatoms. The van der Waals surface area contributed by atoms with Crippen LogP contribution in [0.2, 0.25) is 0 Å². The first kappa shape index (κ1) is 23.1. The Kier molecular flexibility index (Phi) is 5.62. The third-order valence-corrected chi connectivity index (χ3v) is 7.38. The Morgan fingerprint density at radius 2 is 1.69 bits per heavy atom. The van der Waals surface area contributed by atoms with Gasteiger partial charge in [0.25, 0.3) is 5.56 Å². The van der Waals surface area contributed by atoms with E-state index in [1.54, 1.807) is 13.1 Å². The second-order valence-corrected chi connectivity index (χ2v) is 9.42. The fraction of sp³-hybridized carbons (Fsp3) is 0.385. The molecule has 0 bridgehead atoms. The maximum absolute atomic E-state index is 12.9. The number of nitriles is 1. The van der Waals surface area contributed by atoms with Crippen LogP contribution in [-0.2, 0) is 7.05 Å². The number of anilines is 2. The molecule has 0 atom stereocenters. The molecule has 0 N–H and O–H groups in total. The summed E-state index contributed by atoms with van der Waals surface area (Å²) in [6.07, 6.45) is -2.04. The quantitative estimate of drug-likeness (QED) is 0.537. The lowest BCUT2D eigenvalue weighted by molar-refractivity contribution is -0.274. The zero-order valence-electron chi connectivity index (χ0n) is 19.3. The molecule has 6 nitrogen and oxygen atoms in total. The number of pyridine rings is 1. The summed E-state index contributed by atoms with van der Waals surface area (Å²) in [4.78, 5) is 17.1. The number of fused-ring (bicyclic) bond motifs is 1. The van der Waals surface area contributed by atoms with Crippen LogP contribution >= 0.6 is 0 Å². The first-order valence-electron chi connectivity index (χ1n) is 11.6. The van der Waals surface area contributed by atoms with E-state index in [1.165, 1.54) is 16.7 Å². The summed E-state index contributed by atoms with van der Waals surface area (Å²) in [5, 5.41) is 10.7. The monoisotopic (exact) mass is 482 g/mol. The highest BCUT2D eigenvalue weighted by Gasteiger charge is 2.41. The maximum atomic E-state index is 12.9. The van der Waals surface area contributed by atoms with Crippen molar-refractivity contribution in [3.8, 4) is 11.8 Å². The average molecular weight is 483 g/mol. The predicted octanol–water partition coefficient (Wildman–Crippen LogP) is 4.81. The van der Waals surface area contributed by atoms with E-state index < -0.39 is 6.36 Å². The van der Waals surface area contributed by atoms with Gasteiger partial charge in [0.1, 0.15) is 17.4 Å². The number of para-hydroxylation sites is 1. The van der Waals surface area contributed by atoms with Crippen molar-refractivity contribution in [2.75, 3.05) is 36.0 Å². The topological polar surface area (TPSA) is 61.5 Å². The van der Waals surface area contributed by atoms with E-state index in [4.69, 9.17) is 0 Å². The number of hydrogen-bond donors (Lipinski definition) is 0. The first-order valence-corrected chi connectivity index (χ1v) is 11.6. The van der Waals surface area contributed by atoms with E-state index in [0.29, 0.717) is 18.8 Å². The van der Waals surface area contributed by atoms with Crippen molar-refractivity contribution in [3.05, 3.63) is 64.4 Å². The largest absolute Gasteiger partial charge is 0.573 e. The maximum Gasteiger partial charge on any atom is 0.573 e. The Hall–Kier alpha value is -3.67. The number of piperidine rings is 1. The van der Waals surface area contributed by atoms with Crippen molar-refractivity contribution in [1.29, 1.82) is 5.26 Å². The SMILES string of the molecule is Cn1c(=O)c(C#N)c(N2CCC3(CCN(c4cccc(OC(F)(F)F)c4)C3)CC2)c2ccccc21. The molecule has 2 aliphatic rings. The van der Waals surface area contributed by atoms with Gasteiger partial charge in [-0.1, -0.05) is 24.3 Å². The zero-order valence-corrected chi connectivity index (χ0v) is 19.3. The molecular weight excluding hydrogens is 457 g/mol. The van der Waals surface area contributed by atoms with Gasteiger partial charge in [-0.3, -0.25) is 4.79 Å². The summed E-state index contributed by atoms with van der Waals surface area (Å²) in [6, 6.07) is 15.9. The van der Waals surface area contributed by atoms with Crippen molar-refractivity contribution in [3.63, 3.8) is 0 Å². The highest BCUT2D eigenvalue weighted by molar-refractivity contribution is 5.95. The van der Waals surface area contributed by atoms with Crippen LogP contribution in [0.5, 0.6) is 5.75 Å². The van der Waals surface area contributed by atoms with Crippen LogP contribution in [0.3, 0.4) is 0 Å². The third kappa shape index (κ3) is 4.29. The smallest absolute Gasteiger partial charge is 0.406 e. The summed E-state index contributed by atoms with van der Waals surface area (Å²) in [5.41, 5.74) is 2.12. The van der Waals surface area contributed by atoms with E-state index in [1.807, 2.05) is 30.3 Å². The Labute approximate surface area is 200 Å². The van der Waals surface area contributed by atoms with Gasteiger partial charge in [0.15, 0.2) is 0 Å².